The molecule has 0 aromatic carbocycles. The molecule has 0 aliphatic heterocycles. The van der Waals surface area contributed by atoms with Crippen LogP contribution in [0.5, 0.6) is 0 Å². The molecule has 0 fully saturated rings. The lowest BCUT2D eigenvalue weighted by Crippen LogP contribution is -2.28. The Balaban J connectivity index is 3.26. The van der Waals surface area contributed by atoms with E-state index in [4.69, 9.17) is 8.23 Å². The zero-order chi connectivity index (χ0) is 10.3. The minimum atomic E-state index is -1.38. The first kappa shape index (κ1) is 13.8. The molecule has 0 saturated carbocycles. The molecule has 0 rings (SSSR count). The zero-order valence-electron chi connectivity index (χ0n) is 9.02. The van der Waals surface area contributed by atoms with Crippen LogP contribution >= 0.6 is 0 Å². The highest BCUT2D eigenvalue weighted by Gasteiger charge is 2.18. The van der Waals surface area contributed by atoms with Crippen LogP contribution in [-0.2, 0) is 8.23 Å². The van der Waals surface area contributed by atoms with Gasteiger partial charge in [-0.3, -0.25) is 0 Å². The van der Waals surface area contributed by atoms with Crippen LogP contribution in [0.4, 0.5) is 0 Å². The Bertz CT molecular complexity index is 130. The molecule has 13 heavy (non-hydrogen) atoms. The summed E-state index contributed by atoms with van der Waals surface area (Å²) >= 11 is 0. The second-order valence-corrected chi connectivity index (χ2v) is 12.7. The van der Waals surface area contributed by atoms with Crippen molar-refractivity contribution in [3.8, 4) is 0 Å². The van der Waals surface area contributed by atoms with Gasteiger partial charge in [0.1, 0.15) is 0 Å². The summed E-state index contributed by atoms with van der Waals surface area (Å²) < 4.78 is 10.9. The van der Waals surface area contributed by atoms with Crippen LogP contribution in [0, 0.1) is 0 Å². The third kappa shape index (κ3) is 9.10. The summed E-state index contributed by atoms with van der Waals surface area (Å²) in [5.74, 6) is 0. The van der Waals surface area contributed by atoms with Gasteiger partial charge in [-0.1, -0.05) is 6.42 Å². The lowest BCUT2D eigenvalue weighted by Gasteiger charge is -2.19. The summed E-state index contributed by atoms with van der Waals surface area (Å²) in [6.45, 7) is 8.88. The van der Waals surface area contributed by atoms with Gasteiger partial charge in [0.2, 0.25) is 20.2 Å². The molecule has 0 aromatic rings. The summed E-state index contributed by atoms with van der Waals surface area (Å²) in [6.07, 6.45) is 1.24. The first-order valence-electron chi connectivity index (χ1n) is 4.71. The van der Waals surface area contributed by atoms with Crippen molar-refractivity contribution in [3.63, 3.8) is 0 Å². The highest BCUT2D eigenvalue weighted by molar-refractivity contribution is 6.73. The van der Waals surface area contributed by atoms with Crippen LogP contribution in [0.25, 0.3) is 0 Å². The summed E-state index contributed by atoms with van der Waals surface area (Å²) in [7, 11) is 1.70. The highest BCUT2D eigenvalue weighted by atomic mass is 28.4. The largest absolute Gasteiger partial charge is 0.459 e. The monoisotopic (exact) mass is 247 g/mol. The van der Waals surface area contributed by atoms with E-state index in [2.05, 4.69) is 36.7 Å². The van der Waals surface area contributed by atoms with E-state index >= 15 is 0 Å². The van der Waals surface area contributed by atoms with Crippen molar-refractivity contribution in [2.24, 2.45) is 0 Å². The van der Waals surface area contributed by atoms with Crippen LogP contribution < -0.4 is 0 Å². The maximum Gasteiger partial charge on any atom is 0.230 e. The van der Waals surface area contributed by atoms with Gasteiger partial charge in [-0.2, -0.15) is 0 Å². The van der Waals surface area contributed by atoms with E-state index in [1.807, 2.05) is 0 Å². The smallest absolute Gasteiger partial charge is 0.230 e. The number of hydrogen-bond acceptors (Lipinski definition) is 2. The second-order valence-electron chi connectivity index (χ2n) is 4.03. The summed E-state index contributed by atoms with van der Waals surface area (Å²) in [6, 6.07) is 2.42. The molecule has 0 amide bonds. The van der Waals surface area contributed by atoms with E-state index in [9.17, 15) is 0 Å². The van der Waals surface area contributed by atoms with Crippen molar-refractivity contribution in [1.29, 1.82) is 0 Å². The van der Waals surface area contributed by atoms with Gasteiger partial charge < -0.3 is 8.23 Å². The van der Waals surface area contributed by atoms with Crippen LogP contribution in [0.2, 0.25) is 38.3 Å². The Morgan fingerprint density at radius 1 is 1.38 bits per heavy atom. The van der Waals surface area contributed by atoms with Crippen LogP contribution in [0.3, 0.4) is 0 Å². The van der Waals surface area contributed by atoms with E-state index in [1.54, 1.807) is 0 Å². The maximum atomic E-state index is 5.62. The van der Waals surface area contributed by atoms with Gasteiger partial charge >= 0.3 is 0 Å². The maximum absolute atomic E-state index is 5.62. The molecule has 0 bridgehead atoms. The Kier molecular flexibility index (Phi) is 7.56. The van der Waals surface area contributed by atoms with Crippen molar-refractivity contribution < 1.29 is 8.23 Å². The van der Waals surface area contributed by atoms with E-state index in [0.29, 0.717) is 9.76 Å². The van der Waals surface area contributed by atoms with E-state index in [-0.39, 0.29) is 0 Å². The van der Waals surface area contributed by atoms with E-state index < -0.39 is 17.4 Å². The molecule has 2 nitrogen and oxygen atoms in total. The first-order chi connectivity index (χ1) is 5.98. The molecular weight excluding hydrogens is 228 g/mol. The molecule has 0 spiro atoms. The van der Waals surface area contributed by atoms with Gasteiger partial charge in [-0.05, 0) is 38.3 Å². The normalized spacial score (nSPS) is 12.5. The van der Waals surface area contributed by atoms with E-state index in [0.717, 1.165) is 0 Å². The van der Waals surface area contributed by atoms with Gasteiger partial charge in [-0.25, -0.2) is 0 Å². The average molecular weight is 248 g/mol. The van der Waals surface area contributed by atoms with Crippen molar-refractivity contribution in [2.45, 2.75) is 44.7 Å². The lowest BCUT2D eigenvalue weighted by atomic mass is 10.6. The first-order valence-corrected chi connectivity index (χ1v) is 12.1. The molecule has 0 aliphatic rings. The van der Waals surface area contributed by atoms with Gasteiger partial charge in [0, 0.05) is 0 Å². The highest BCUT2D eigenvalue weighted by Crippen LogP contribution is 2.13. The lowest BCUT2D eigenvalue weighted by molar-refractivity contribution is 0.596. The van der Waals surface area contributed by atoms with Gasteiger partial charge in [-0.15, -0.1) is 0 Å². The van der Waals surface area contributed by atoms with Crippen molar-refractivity contribution in [2.75, 3.05) is 0 Å². The van der Waals surface area contributed by atoms with Crippen LogP contribution in [-0.4, -0.2) is 37.6 Å². The Morgan fingerprint density at radius 2 is 2.00 bits per heavy atom. The third-order valence-corrected chi connectivity index (χ3v) is 8.53. The summed E-state index contributed by atoms with van der Waals surface area (Å²) in [5.41, 5.74) is 0. The molecule has 0 unspecified atom stereocenters. The molecule has 0 aliphatic carbocycles. The molecule has 0 heterocycles. The fourth-order valence-electron chi connectivity index (χ4n) is 0.863. The minimum absolute atomic E-state index is 0.712. The molecular formula is C7H19O2Si4. The molecule has 5 radical (unpaired) electrons. The van der Waals surface area contributed by atoms with E-state index in [1.165, 1.54) is 18.5 Å². The molecule has 6 heteroatoms. The zero-order valence-corrected chi connectivity index (χ0v) is 13.2. The predicted octanol–water partition coefficient (Wildman–Crippen LogP) is 1.72. The summed E-state index contributed by atoms with van der Waals surface area (Å²) in [5, 5.41) is 0. The van der Waals surface area contributed by atoms with Crippen LogP contribution in [0.15, 0.2) is 0 Å². The van der Waals surface area contributed by atoms with Crippen molar-refractivity contribution >= 4 is 37.6 Å². The molecule has 75 valence electrons. The molecule has 0 atom stereocenters. The Hall–Kier alpha value is 0.788. The van der Waals surface area contributed by atoms with Crippen molar-refractivity contribution in [1.82, 2.24) is 0 Å². The Labute approximate surface area is 90.8 Å². The standard InChI is InChI=1S/C7H19O2Si4/c1-12(2)9-11-6-5-7-13(3,4)8-10/h12H,5-7H2,1-4H3. The predicted molar refractivity (Wildman–Crippen MR) is 64.3 cm³/mol. The molecule has 0 aromatic heterocycles. The topological polar surface area (TPSA) is 18.5 Å². The average Bonchev–Trinajstić information content (AvgIpc) is 2.03. The molecule has 0 N–H and O–H groups in total. The van der Waals surface area contributed by atoms with Crippen LogP contribution in [0.1, 0.15) is 6.42 Å². The van der Waals surface area contributed by atoms with Crippen molar-refractivity contribution in [3.05, 3.63) is 0 Å². The SMILES string of the molecule is C[SiH](C)O[Si]CCC[Si](C)(C)O[Si]. The summed E-state index contributed by atoms with van der Waals surface area (Å²) in [4.78, 5) is 0. The molecule has 0 saturated heterocycles. The van der Waals surface area contributed by atoms with Gasteiger partial charge in [0.25, 0.3) is 0 Å². The number of hydrogen-bond donors (Lipinski definition) is 0. The third-order valence-electron chi connectivity index (χ3n) is 1.65. The Morgan fingerprint density at radius 3 is 2.46 bits per heavy atom. The fourth-order valence-corrected chi connectivity index (χ4v) is 4.78. The quantitative estimate of drug-likeness (QED) is 0.504. The van der Waals surface area contributed by atoms with Gasteiger partial charge in [0.15, 0.2) is 17.4 Å². The fraction of sp³-hybridized carbons (Fsp3) is 1.00. The number of rotatable bonds is 7. The van der Waals surface area contributed by atoms with Gasteiger partial charge in [0.05, 0.1) is 0 Å². The minimum Gasteiger partial charge on any atom is -0.459 e. The second kappa shape index (κ2) is 7.13.